The van der Waals surface area contributed by atoms with Gasteiger partial charge in [-0.15, -0.1) is 0 Å². The van der Waals surface area contributed by atoms with Crippen molar-refractivity contribution in [1.29, 1.82) is 0 Å². The molecule has 6 heteroatoms. The fraction of sp³-hybridized carbons (Fsp3) is 0.381. The largest absolute Gasteiger partial charge is 0.345 e. The molecule has 2 amide bonds. The minimum atomic E-state index is -0.319. The smallest absolute Gasteiger partial charge is 0.227 e. The van der Waals surface area contributed by atoms with Gasteiger partial charge in [0.05, 0.1) is 5.92 Å². The Morgan fingerprint density at radius 3 is 2.70 bits per heavy atom. The summed E-state index contributed by atoms with van der Waals surface area (Å²) in [7, 11) is 1.77. The molecule has 142 valence electrons. The van der Waals surface area contributed by atoms with Gasteiger partial charge in [-0.1, -0.05) is 18.2 Å². The number of carbonyl (C=O) groups is 2. The first-order valence-corrected chi connectivity index (χ1v) is 9.19. The highest BCUT2D eigenvalue weighted by Crippen LogP contribution is 2.21. The molecule has 2 heterocycles. The van der Waals surface area contributed by atoms with Crippen molar-refractivity contribution in [3.05, 3.63) is 65.7 Å². The zero-order valence-corrected chi connectivity index (χ0v) is 15.5. The van der Waals surface area contributed by atoms with Crippen molar-refractivity contribution in [3.8, 4) is 0 Å². The maximum atomic E-state index is 13.7. The summed E-state index contributed by atoms with van der Waals surface area (Å²) in [6.45, 7) is 1.44. The van der Waals surface area contributed by atoms with Crippen molar-refractivity contribution >= 4 is 11.8 Å². The van der Waals surface area contributed by atoms with Crippen molar-refractivity contribution in [1.82, 2.24) is 14.8 Å². The van der Waals surface area contributed by atoms with E-state index in [1.54, 1.807) is 47.4 Å². The van der Waals surface area contributed by atoms with Crippen LogP contribution in [0.1, 0.15) is 17.5 Å². The van der Waals surface area contributed by atoms with Gasteiger partial charge in [-0.2, -0.15) is 0 Å². The van der Waals surface area contributed by atoms with E-state index in [-0.39, 0.29) is 30.0 Å². The van der Waals surface area contributed by atoms with E-state index in [2.05, 4.69) is 4.98 Å². The molecule has 0 N–H and O–H groups in total. The number of likely N-dealkylation sites (tertiary alicyclic amines) is 1. The van der Waals surface area contributed by atoms with E-state index >= 15 is 0 Å². The van der Waals surface area contributed by atoms with E-state index in [1.165, 1.54) is 6.07 Å². The Hall–Kier alpha value is -2.76. The predicted molar refractivity (Wildman–Crippen MR) is 100 cm³/mol. The van der Waals surface area contributed by atoms with Gasteiger partial charge in [-0.3, -0.25) is 14.6 Å². The van der Waals surface area contributed by atoms with Crippen molar-refractivity contribution in [2.75, 3.05) is 26.7 Å². The third-order valence-electron chi connectivity index (χ3n) is 5.03. The van der Waals surface area contributed by atoms with Crippen molar-refractivity contribution in [2.45, 2.75) is 19.3 Å². The summed E-state index contributed by atoms with van der Waals surface area (Å²) < 4.78 is 13.7. The molecule has 1 atom stereocenters. The Morgan fingerprint density at radius 1 is 1.22 bits per heavy atom. The number of likely N-dealkylation sites (N-methyl/N-ethyl adjacent to an activating group) is 1. The Balaban J connectivity index is 1.50. The minimum Gasteiger partial charge on any atom is -0.345 e. The molecule has 1 aromatic carbocycles. The number of hydrogen-bond acceptors (Lipinski definition) is 3. The van der Waals surface area contributed by atoms with E-state index < -0.39 is 0 Å². The summed E-state index contributed by atoms with van der Waals surface area (Å²) in [5, 5.41) is 0. The Kier molecular flexibility index (Phi) is 6.16. The normalized spacial score (nSPS) is 16.6. The highest BCUT2D eigenvalue weighted by molar-refractivity contribution is 5.89. The summed E-state index contributed by atoms with van der Waals surface area (Å²) in [5.41, 5.74) is 1.72. The van der Waals surface area contributed by atoms with Crippen LogP contribution in [0.25, 0.3) is 0 Å². The third kappa shape index (κ3) is 4.90. The van der Waals surface area contributed by atoms with Crippen LogP contribution in [0.15, 0.2) is 48.8 Å². The second-order valence-corrected chi connectivity index (χ2v) is 6.95. The third-order valence-corrected chi connectivity index (χ3v) is 5.03. The van der Waals surface area contributed by atoms with Crippen LogP contribution < -0.4 is 0 Å². The predicted octanol–water partition coefficient (Wildman–Crippen LogP) is 2.31. The zero-order chi connectivity index (χ0) is 19.2. The van der Waals surface area contributed by atoms with Crippen LogP contribution in [0.4, 0.5) is 4.39 Å². The van der Waals surface area contributed by atoms with Gasteiger partial charge in [0.25, 0.3) is 0 Å². The molecular weight excluding hydrogens is 345 g/mol. The quantitative estimate of drug-likeness (QED) is 0.753. The van der Waals surface area contributed by atoms with Crippen LogP contribution in [-0.4, -0.2) is 53.3 Å². The van der Waals surface area contributed by atoms with Crippen LogP contribution >= 0.6 is 0 Å². The number of benzene rings is 1. The van der Waals surface area contributed by atoms with E-state index in [0.717, 1.165) is 12.0 Å². The van der Waals surface area contributed by atoms with Crippen molar-refractivity contribution < 1.29 is 14.0 Å². The lowest BCUT2D eigenvalue weighted by atomic mass is 10.1. The second-order valence-electron chi connectivity index (χ2n) is 6.95. The van der Waals surface area contributed by atoms with Crippen LogP contribution in [0.3, 0.4) is 0 Å². The number of nitrogens with zero attached hydrogens (tertiary/aromatic N) is 3. The minimum absolute atomic E-state index is 0.00852. The summed E-state index contributed by atoms with van der Waals surface area (Å²) >= 11 is 0. The van der Waals surface area contributed by atoms with Gasteiger partial charge in [0, 0.05) is 45.5 Å². The molecule has 0 bridgehead atoms. The monoisotopic (exact) mass is 369 g/mol. The maximum Gasteiger partial charge on any atom is 0.227 e. The van der Waals surface area contributed by atoms with Crippen molar-refractivity contribution in [2.24, 2.45) is 5.92 Å². The summed E-state index contributed by atoms with van der Waals surface area (Å²) in [4.78, 5) is 32.3. The second kappa shape index (κ2) is 8.75. The molecule has 1 aliphatic rings. The molecule has 1 aromatic heterocycles. The fourth-order valence-electron chi connectivity index (χ4n) is 3.38. The molecule has 0 aliphatic carbocycles. The molecule has 0 radical (unpaired) electrons. The number of pyridine rings is 1. The lowest BCUT2D eigenvalue weighted by Gasteiger charge is -2.21. The fourth-order valence-corrected chi connectivity index (χ4v) is 3.38. The number of aromatic nitrogens is 1. The molecule has 1 fully saturated rings. The van der Waals surface area contributed by atoms with Gasteiger partial charge in [0.2, 0.25) is 11.8 Å². The number of hydrogen-bond donors (Lipinski definition) is 0. The molecule has 1 unspecified atom stereocenters. The highest BCUT2D eigenvalue weighted by Gasteiger charge is 2.35. The molecule has 2 aromatic rings. The molecule has 1 aliphatic heterocycles. The van der Waals surface area contributed by atoms with E-state index in [4.69, 9.17) is 0 Å². The number of amides is 2. The topological polar surface area (TPSA) is 53.5 Å². The molecule has 0 saturated carbocycles. The van der Waals surface area contributed by atoms with Crippen LogP contribution in [0.5, 0.6) is 0 Å². The molecular formula is C21H24FN3O2. The van der Waals surface area contributed by atoms with Crippen molar-refractivity contribution in [3.63, 3.8) is 0 Å². The highest BCUT2D eigenvalue weighted by atomic mass is 19.1. The Labute approximate surface area is 158 Å². The van der Waals surface area contributed by atoms with Crippen LogP contribution in [-0.2, 0) is 22.4 Å². The molecule has 3 rings (SSSR count). The van der Waals surface area contributed by atoms with Gasteiger partial charge < -0.3 is 9.80 Å². The first-order valence-electron chi connectivity index (χ1n) is 9.19. The van der Waals surface area contributed by atoms with Crippen LogP contribution in [0.2, 0.25) is 0 Å². The summed E-state index contributed by atoms with van der Waals surface area (Å²) in [6.07, 6.45) is 4.91. The number of halogens is 1. The van der Waals surface area contributed by atoms with E-state index in [0.29, 0.717) is 31.6 Å². The molecule has 1 saturated heterocycles. The first kappa shape index (κ1) is 19.0. The van der Waals surface area contributed by atoms with Crippen LogP contribution in [0, 0.1) is 11.7 Å². The summed E-state index contributed by atoms with van der Waals surface area (Å²) in [5.74, 6) is -0.619. The summed E-state index contributed by atoms with van der Waals surface area (Å²) in [6, 6.07) is 10.4. The average Bonchev–Trinajstić information content (AvgIpc) is 3.06. The first-order chi connectivity index (χ1) is 13.0. The van der Waals surface area contributed by atoms with E-state index in [9.17, 15) is 14.0 Å². The van der Waals surface area contributed by atoms with Gasteiger partial charge in [-0.25, -0.2) is 4.39 Å². The average molecular weight is 369 g/mol. The molecule has 27 heavy (non-hydrogen) atoms. The lowest BCUT2D eigenvalue weighted by Crippen LogP contribution is -2.36. The number of rotatable bonds is 7. The van der Waals surface area contributed by atoms with E-state index in [1.807, 2.05) is 12.1 Å². The number of carbonyl (C=O) groups excluding carboxylic acids is 2. The molecule has 5 nitrogen and oxygen atoms in total. The maximum absolute atomic E-state index is 13.7. The van der Waals surface area contributed by atoms with Gasteiger partial charge in [-0.05, 0) is 42.2 Å². The SMILES string of the molecule is CN(CCc1ccncc1)C(=O)C1CC(=O)N(CCc2ccccc2F)C1. The van der Waals surface area contributed by atoms with Gasteiger partial charge in [0.1, 0.15) is 5.82 Å². The zero-order valence-electron chi connectivity index (χ0n) is 15.5. The standard InChI is InChI=1S/C21H24FN3O2/c1-24(12-8-16-6-10-23-11-7-16)21(27)18-14-20(26)25(15-18)13-9-17-4-2-3-5-19(17)22/h2-7,10-11,18H,8-9,12-15H2,1H3. The Bertz CT molecular complexity index is 797. The molecule has 0 spiro atoms. The Morgan fingerprint density at radius 2 is 1.96 bits per heavy atom. The van der Waals surface area contributed by atoms with Gasteiger partial charge in [0.15, 0.2) is 0 Å². The van der Waals surface area contributed by atoms with Gasteiger partial charge >= 0.3 is 0 Å². The lowest BCUT2D eigenvalue weighted by molar-refractivity contribution is -0.134.